The van der Waals surface area contributed by atoms with Crippen LogP contribution in [0.3, 0.4) is 0 Å². The van der Waals surface area contributed by atoms with Crippen molar-refractivity contribution in [2.45, 2.75) is 78.5 Å². The Bertz CT molecular complexity index is 1700. The van der Waals surface area contributed by atoms with Crippen LogP contribution >= 0.6 is 11.6 Å². The van der Waals surface area contributed by atoms with Gasteiger partial charge in [-0.3, -0.25) is 0 Å². The van der Waals surface area contributed by atoms with Crippen LogP contribution in [0.25, 0.3) is 0 Å². The second-order valence-electron chi connectivity index (χ2n) is 15.9. The van der Waals surface area contributed by atoms with Crippen molar-refractivity contribution in [3.63, 3.8) is 0 Å². The van der Waals surface area contributed by atoms with E-state index in [9.17, 15) is 8.42 Å². The van der Waals surface area contributed by atoms with Gasteiger partial charge in [-0.25, -0.2) is 13.4 Å². The van der Waals surface area contributed by atoms with Gasteiger partial charge in [0.1, 0.15) is 57.8 Å². The molecule has 0 aliphatic carbocycles. The van der Waals surface area contributed by atoms with E-state index < -0.39 is 20.0 Å². The largest absolute Gasteiger partial charge is 0.495 e. The van der Waals surface area contributed by atoms with Crippen molar-refractivity contribution >= 4 is 99.5 Å². The average Bonchev–Trinajstić information content (AvgIpc) is 2.84. The lowest BCUT2D eigenvalue weighted by Gasteiger charge is -2.53. The van der Waals surface area contributed by atoms with Crippen LogP contribution in [0.5, 0.6) is 5.75 Å². The first-order chi connectivity index (χ1) is 20.4. The number of benzene rings is 2. The maximum atomic E-state index is 13.3. The van der Waals surface area contributed by atoms with Gasteiger partial charge < -0.3 is 20.7 Å². The third kappa shape index (κ3) is 8.12. The Labute approximate surface area is 280 Å². The van der Waals surface area contributed by atoms with Crippen LogP contribution < -0.4 is 20.7 Å². The SMILES string of the molecule is BC1(B)CC(B)(c2cc(OC(B)(C)C)c(Nc3ncc(Cl)c(Nc4ccccc4S(=O)(=O)C(B)(C)C)n3)cc2C)CC(B)(B)N1. The number of sulfone groups is 1. The summed E-state index contributed by atoms with van der Waals surface area (Å²) in [4.78, 5) is 9.27. The van der Waals surface area contributed by atoms with Gasteiger partial charge in [-0.05, 0) is 85.0 Å². The number of aromatic nitrogens is 2. The number of rotatable bonds is 9. The summed E-state index contributed by atoms with van der Waals surface area (Å²) < 4.78 is 32.2. The van der Waals surface area contributed by atoms with Gasteiger partial charge >= 0.3 is 0 Å². The van der Waals surface area contributed by atoms with E-state index in [1.807, 2.05) is 21.7 Å². The molecule has 0 atom stereocenters. The number of halogens is 1. The Morgan fingerprint density at radius 2 is 1.56 bits per heavy atom. The Balaban J connectivity index is 1.74. The number of para-hydroxylation sites is 1. The summed E-state index contributed by atoms with van der Waals surface area (Å²) in [5.74, 6) is 1.27. The number of nitrogens with zero attached hydrogens (tertiary/aromatic N) is 2. The normalized spacial score (nSPS) is 17.7. The van der Waals surface area contributed by atoms with Gasteiger partial charge in [0.2, 0.25) is 5.95 Å². The number of hydrogen-bond acceptors (Lipinski definition) is 8. The van der Waals surface area contributed by atoms with Crippen LogP contribution in [0, 0.1) is 6.92 Å². The van der Waals surface area contributed by atoms with Gasteiger partial charge in [0, 0.05) is 4.65 Å². The van der Waals surface area contributed by atoms with Gasteiger partial charge in [0.25, 0.3) is 0 Å². The number of aryl methyl sites for hydroxylation is 1. The standard InChI is InChI=1S/C28H43B7ClN5O3S/c1-15-10-19(20(44-24(2,3)29)11-16(15)26(31)13-27(32,33)41-28(34,35)14-26)39-23-37-12-17(36)22(40-23)38-18-8-6-7-9-21(18)45(42,43)25(4,5)30/h6-12,41H,13-14,29-35H2,1-5H3,(H2,37,38,39,40). The summed E-state index contributed by atoms with van der Waals surface area (Å²) in [6, 6.07) is 11.0. The van der Waals surface area contributed by atoms with Crippen LogP contribution in [0.2, 0.25) is 5.02 Å². The second kappa shape index (κ2) is 12.0. The molecule has 1 saturated heterocycles. The molecule has 8 nitrogen and oxygen atoms in total. The molecule has 3 N–H and O–H groups in total. The molecule has 1 aliphatic rings. The zero-order valence-electron chi connectivity index (χ0n) is 28.9. The van der Waals surface area contributed by atoms with E-state index in [1.165, 1.54) is 11.8 Å². The fourth-order valence-corrected chi connectivity index (χ4v) is 8.42. The summed E-state index contributed by atoms with van der Waals surface area (Å²) in [6.45, 7) is 9.54. The third-order valence-corrected chi connectivity index (χ3v) is 10.8. The molecule has 2 aromatic carbocycles. The van der Waals surface area contributed by atoms with Crippen LogP contribution in [0.4, 0.5) is 23.1 Å². The first kappa shape index (κ1) is 35.4. The van der Waals surface area contributed by atoms with Crippen molar-refractivity contribution in [1.82, 2.24) is 15.3 Å². The summed E-state index contributed by atoms with van der Waals surface area (Å²) in [6.07, 6.45) is 3.45. The van der Waals surface area contributed by atoms with Gasteiger partial charge in [0.15, 0.2) is 23.5 Å². The van der Waals surface area contributed by atoms with Gasteiger partial charge in [0.05, 0.1) is 28.0 Å². The van der Waals surface area contributed by atoms with Crippen molar-refractivity contribution in [2.75, 3.05) is 10.6 Å². The first-order valence-corrected chi connectivity index (χ1v) is 17.3. The van der Waals surface area contributed by atoms with Gasteiger partial charge in [-0.2, -0.15) is 4.98 Å². The Hall–Kier alpha value is -2.43. The quantitative estimate of drug-likeness (QED) is 0.253. The minimum Gasteiger partial charge on any atom is -0.495 e. The highest BCUT2D eigenvalue weighted by Crippen LogP contribution is 2.44. The molecule has 17 heteroatoms. The molecule has 232 valence electrons. The highest BCUT2D eigenvalue weighted by atomic mass is 35.5. The van der Waals surface area contributed by atoms with E-state index in [0.717, 1.165) is 24.1 Å². The van der Waals surface area contributed by atoms with Crippen LogP contribution in [-0.2, 0) is 15.2 Å². The Kier molecular flexibility index (Phi) is 9.43. The first-order valence-electron chi connectivity index (χ1n) is 15.5. The van der Waals surface area contributed by atoms with Gasteiger partial charge in [-0.1, -0.05) is 37.6 Å². The monoisotopic (exact) mass is 641 g/mol. The molecule has 3 aromatic rings. The Morgan fingerprint density at radius 1 is 0.956 bits per heavy atom. The highest BCUT2D eigenvalue weighted by molar-refractivity contribution is 7.94. The van der Waals surface area contributed by atoms with Crippen molar-refractivity contribution in [3.8, 4) is 5.75 Å². The van der Waals surface area contributed by atoms with Gasteiger partial charge in [-0.15, -0.1) is 0 Å². The fraction of sp³-hybridized carbons (Fsp3) is 0.429. The maximum absolute atomic E-state index is 13.3. The molecule has 1 fully saturated rings. The lowest BCUT2D eigenvalue weighted by molar-refractivity contribution is 0.198. The zero-order valence-corrected chi connectivity index (χ0v) is 30.4. The maximum Gasteiger partial charge on any atom is 0.229 e. The second-order valence-corrected chi connectivity index (χ2v) is 19.0. The highest BCUT2D eigenvalue weighted by Gasteiger charge is 2.45. The van der Waals surface area contributed by atoms with E-state index in [2.05, 4.69) is 84.2 Å². The lowest BCUT2D eigenvalue weighted by Crippen LogP contribution is -2.68. The summed E-state index contributed by atoms with van der Waals surface area (Å²) >= 11 is 6.52. The minimum absolute atomic E-state index is 0.0315. The van der Waals surface area contributed by atoms with E-state index in [4.69, 9.17) is 16.3 Å². The van der Waals surface area contributed by atoms with E-state index >= 15 is 0 Å². The summed E-state index contributed by atoms with van der Waals surface area (Å²) in [7, 11) is 11.5. The third-order valence-electron chi connectivity index (χ3n) is 7.96. The fourth-order valence-electron chi connectivity index (χ4n) is 6.96. The van der Waals surface area contributed by atoms with Crippen molar-refractivity contribution in [3.05, 3.63) is 58.7 Å². The number of hydrogen-bond donors (Lipinski definition) is 3. The molecule has 0 radical (unpaired) electrons. The van der Waals surface area contributed by atoms with Crippen LogP contribution in [0.15, 0.2) is 47.5 Å². The average molecular weight is 641 g/mol. The molecular weight excluding hydrogens is 598 g/mol. The van der Waals surface area contributed by atoms with Crippen LogP contribution in [0.1, 0.15) is 51.7 Å². The topological polar surface area (TPSA) is 105 Å². The molecule has 1 aliphatic heterocycles. The van der Waals surface area contributed by atoms with Crippen molar-refractivity contribution in [1.29, 1.82) is 0 Å². The molecule has 0 unspecified atom stereocenters. The molecule has 4 rings (SSSR count). The molecular formula is C28H43B7ClN5O3S. The number of nitrogens with one attached hydrogen (secondary N) is 3. The smallest absolute Gasteiger partial charge is 0.229 e. The Morgan fingerprint density at radius 3 is 2.13 bits per heavy atom. The van der Waals surface area contributed by atoms with E-state index in [-0.39, 0.29) is 31.7 Å². The minimum atomic E-state index is -3.64. The number of piperidine rings is 1. The molecule has 1 aromatic heterocycles. The van der Waals surface area contributed by atoms with E-state index in [1.54, 1.807) is 46.0 Å². The van der Waals surface area contributed by atoms with Crippen molar-refractivity contribution < 1.29 is 13.2 Å². The molecule has 0 bridgehead atoms. The molecule has 45 heavy (non-hydrogen) atoms. The lowest BCUT2D eigenvalue weighted by atomic mass is 9.38. The predicted molar refractivity (Wildman–Crippen MR) is 207 cm³/mol. The molecule has 2 heterocycles. The zero-order chi connectivity index (χ0) is 33.8. The van der Waals surface area contributed by atoms with Crippen molar-refractivity contribution in [2.24, 2.45) is 0 Å². The number of ether oxygens (including phenoxy) is 1. The molecule has 0 saturated carbocycles. The molecule has 0 amide bonds. The number of anilines is 4. The van der Waals surface area contributed by atoms with E-state index in [0.29, 0.717) is 17.4 Å². The van der Waals surface area contributed by atoms with Crippen LogP contribution in [-0.4, -0.2) is 94.1 Å². The summed E-state index contributed by atoms with van der Waals surface area (Å²) in [5, 5.41) is 10.4. The predicted octanol–water partition coefficient (Wildman–Crippen LogP) is -1.13. The molecule has 0 spiro atoms. The summed E-state index contributed by atoms with van der Waals surface area (Å²) in [5.41, 5.74) is 3.06.